The fourth-order valence-electron chi connectivity index (χ4n) is 5.25. The molecule has 5 heterocycles. The lowest BCUT2D eigenvalue weighted by molar-refractivity contribution is 0.313. The fraction of sp³-hybridized carbons (Fsp3) is 0.393. The van der Waals surface area contributed by atoms with Crippen LogP contribution in [0.3, 0.4) is 0 Å². The number of hydrogen-bond acceptors (Lipinski definition) is 8. The molecule has 2 aliphatic heterocycles. The predicted molar refractivity (Wildman–Crippen MR) is 152 cm³/mol. The highest BCUT2D eigenvalue weighted by Crippen LogP contribution is 2.34. The first-order valence-electron chi connectivity index (χ1n) is 13.1. The van der Waals surface area contributed by atoms with Gasteiger partial charge in [0.15, 0.2) is 0 Å². The minimum atomic E-state index is -0.00544. The standard InChI is InChI=1S/C28H33N7OS/c1-3-35-26-20(16-23(27(35)36)25-9-8-24(37-25)19-10-11-29-17-19)18-30-28(32-26)31-21-4-6-22(7-5-21)34-14-12-33(2)13-15-34/h4-9,16,18-19,29H,3,10-15,17H2,1-2H3,(H,30,31,32). The van der Waals surface area contributed by atoms with Crippen LogP contribution in [-0.2, 0) is 6.54 Å². The van der Waals surface area contributed by atoms with Gasteiger partial charge < -0.3 is 20.4 Å². The van der Waals surface area contributed by atoms with Crippen LogP contribution in [0.5, 0.6) is 0 Å². The maximum Gasteiger partial charge on any atom is 0.260 e. The Morgan fingerprint density at radius 1 is 1.11 bits per heavy atom. The molecule has 1 unspecified atom stereocenters. The first kappa shape index (κ1) is 24.1. The molecule has 0 amide bonds. The van der Waals surface area contributed by atoms with Crippen LogP contribution in [0.15, 0.2) is 53.5 Å². The van der Waals surface area contributed by atoms with Gasteiger partial charge in [0.05, 0.1) is 5.56 Å². The number of piperazine rings is 1. The Hall–Kier alpha value is -3.27. The molecule has 2 saturated heterocycles. The van der Waals surface area contributed by atoms with Crippen molar-refractivity contribution < 1.29 is 0 Å². The van der Waals surface area contributed by atoms with Crippen LogP contribution in [0.2, 0.25) is 0 Å². The zero-order valence-corrected chi connectivity index (χ0v) is 22.2. The number of likely N-dealkylation sites (N-methyl/N-ethyl adjacent to an activating group) is 1. The number of aryl methyl sites for hydroxylation is 1. The number of nitrogens with one attached hydrogen (secondary N) is 2. The average molecular weight is 516 g/mol. The minimum absolute atomic E-state index is 0.00544. The first-order valence-corrected chi connectivity index (χ1v) is 13.9. The number of pyridine rings is 1. The van der Waals surface area contributed by atoms with Crippen molar-refractivity contribution in [2.24, 2.45) is 0 Å². The zero-order valence-electron chi connectivity index (χ0n) is 21.4. The maximum absolute atomic E-state index is 13.5. The third kappa shape index (κ3) is 4.86. The molecule has 0 bridgehead atoms. The number of rotatable bonds is 6. The van der Waals surface area contributed by atoms with Crippen LogP contribution in [0, 0.1) is 0 Å². The van der Waals surface area contributed by atoms with Crippen molar-refractivity contribution in [1.82, 2.24) is 24.8 Å². The number of fused-ring (bicyclic) bond motifs is 1. The molecule has 3 aromatic heterocycles. The fourth-order valence-corrected chi connectivity index (χ4v) is 6.40. The van der Waals surface area contributed by atoms with Crippen LogP contribution in [0.25, 0.3) is 21.5 Å². The quantitative estimate of drug-likeness (QED) is 0.400. The summed E-state index contributed by atoms with van der Waals surface area (Å²) in [5, 5.41) is 7.61. The van der Waals surface area contributed by atoms with E-state index in [0.717, 1.165) is 67.2 Å². The van der Waals surface area contributed by atoms with Crippen molar-refractivity contribution in [1.29, 1.82) is 0 Å². The van der Waals surface area contributed by atoms with Gasteiger partial charge in [-0.2, -0.15) is 4.98 Å². The topological polar surface area (TPSA) is 78.3 Å². The Morgan fingerprint density at radius 3 is 2.65 bits per heavy atom. The highest BCUT2D eigenvalue weighted by atomic mass is 32.1. The van der Waals surface area contributed by atoms with E-state index >= 15 is 0 Å². The Balaban J connectivity index is 1.25. The van der Waals surface area contributed by atoms with E-state index in [1.165, 1.54) is 10.6 Å². The molecule has 9 heteroatoms. The molecule has 192 valence electrons. The third-order valence-corrected chi connectivity index (χ3v) is 8.77. The second-order valence-corrected chi connectivity index (χ2v) is 11.0. The molecular formula is C28H33N7OS. The van der Waals surface area contributed by atoms with Gasteiger partial charge in [-0.05, 0) is 69.4 Å². The van der Waals surface area contributed by atoms with Crippen LogP contribution < -0.4 is 21.1 Å². The van der Waals surface area contributed by atoms with Gasteiger partial charge >= 0.3 is 0 Å². The molecule has 6 rings (SSSR count). The van der Waals surface area contributed by atoms with Crippen LogP contribution in [0.4, 0.5) is 17.3 Å². The van der Waals surface area contributed by atoms with Crippen LogP contribution in [0.1, 0.15) is 24.1 Å². The SMILES string of the molecule is CCn1c(=O)c(-c2ccc(C3CCNC3)s2)cc2cnc(Nc3ccc(N4CCN(C)CC4)cc3)nc21. The first-order chi connectivity index (χ1) is 18.1. The van der Waals surface area contributed by atoms with E-state index in [9.17, 15) is 4.79 Å². The van der Waals surface area contributed by atoms with Crippen molar-refractivity contribution in [3.63, 3.8) is 0 Å². The summed E-state index contributed by atoms with van der Waals surface area (Å²) in [4.78, 5) is 29.9. The molecule has 0 radical (unpaired) electrons. The molecule has 2 aliphatic rings. The summed E-state index contributed by atoms with van der Waals surface area (Å²) in [5.41, 5.74) is 3.52. The molecule has 0 saturated carbocycles. The van der Waals surface area contributed by atoms with Gasteiger partial charge in [0.25, 0.3) is 5.56 Å². The normalized spacial score (nSPS) is 18.5. The zero-order chi connectivity index (χ0) is 25.4. The van der Waals surface area contributed by atoms with Gasteiger partial charge in [-0.15, -0.1) is 11.3 Å². The Labute approximate surface area is 221 Å². The maximum atomic E-state index is 13.5. The van der Waals surface area contributed by atoms with E-state index in [2.05, 4.69) is 68.9 Å². The largest absolute Gasteiger partial charge is 0.369 e. The number of nitrogens with zero attached hydrogens (tertiary/aromatic N) is 5. The van der Waals surface area contributed by atoms with E-state index in [0.29, 0.717) is 24.1 Å². The predicted octanol–water partition coefficient (Wildman–Crippen LogP) is 4.11. The smallest absolute Gasteiger partial charge is 0.260 e. The molecule has 37 heavy (non-hydrogen) atoms. The summed E-state index contributed by atoms with van der Waals surface area (Å²) < 4.78 is 1.75. The minimum Gasteiger partial charge on any atom is -0.369 e. The van der Waals surface area contributed by atoms with Gasteiger partial charge in [0.1, 0.15) is 5.65 Å². The summed E-state index contributed by atoms with van der Waals surface area (Å²) in [6.07, 6.45) is 2.97. The lowest BCUT2D eigenvalue weighted by Crippen LogP contribution is -2.44. The third-order valence-electron chi connectivity index (χ3n) is 7.49. The highest BCUT2D eigenvalue weighted by Gasteiger charge is 2.20. The van der Waals surface area contributed by atoms with E-state index in [-0.39, 0.29) is 5.56 Å². The summed E-state index contributed by atoms with van der Waals surface area (Å²) in [6, 6.07) is 14.6. The average Bonchev–Trinajstić information content (AvgIpc) is 3.62. The lowest BCUT2D eigenvalue weighted by atomic mass is 10.1. The lowest BCUT2D eigenvalue weighted by Gasteiger charge is -2.34. The van der Waals surface area contributed by atoms with Crippen molar-refractivity contribution in [2.75, 3.05) is 56.5 Å². The number of thiophene rings is 1. The van der Waals surface area contributed by atoms with Crippen LogP contribution >= 0.6 is 11.3 Å². The summed E-state index contributed by atoms with van der Waals surface area (Å²) >= 11 is 1.73. The van der Waals surface area contributed by atoms with Crippen molar-refractivity contribution in [3.05, 3.63) is 63.9 Å². The highest BCUT2D eigenvalue weighted by molar-refractivity contribution is 7.15. The number of hydrogen-bond donors (Lipinski definition) is 2. The van der Waals surface area contributed by atoms with Crippen molar-refractivity contribution in [3.8, 4) is 10.4 Å². The molecule has 0 aliphatic carbocycles. The summed E-state index contributed by atoms with van der Waals surface area (Å²) in [5.74, 6) is 1.03. The van der Waals surface area contributed by atoms with Gasteiger partial charge in [-0.3, -0.25) is 9.36 Å². The summed E-state index contributed by atoms with van der Waals surface area (Å²) in [6.45, 7) is 8.85. The van der Waals surface area contributed by atoms with E-state index in [1.807, 2.05) is 19.2 Å². The van der Waals surface area contributed by atoms with Gasteiger partial charge in [0, 0.05) is 77.9 Å². The summed E-state index contributed by atoms with van der Waals surface area (Å²) in [7, 11) is 2.17. The molecule has 4 aromatic rings. The van der Waals surface area contributed by atoms with E-state index in [1.54, 1.807) is 15.9 Å². The van der Waals surface area contributed by atoms with Crippen LogP contribution in [-0.4, -0.2) is 65.8 Å². The second-order valence-electron chi connectivity index (χ2n) is 9.93. The number of aromatic nitrogens is 3. The monoisotopic (exact) mass is 515 g/mol. The number of anilines is 3. The molecule has 2 fully saturated rings. The Kier molecular flexibility index (Phi) is 6.67. The van der Waals surface area contributed by atoms with E-state index < -0.39 is 0 Å². The number of benzene rings is 1. The Bertz CT molecular complexity index is 1450. The molecule has 1 aromatic carbocycles. The van der Waals surface area contributed by atoms with Gasteiger partial charge in [-0.25, -0.2) is 4.98 Å². The van der Waals surface area contributed by atoms with Gasteiger partial charge in [0.2, 0.25) is 5.95 Å². The van der Waals surface area contributed by atoms with Crippen molar-refractivity contribution in [2.45, 2.75) is 25.8 Å². The Morgan fingerprint density at radius 2 is 1.92 bits per heavy atom. The van der Waals surface area contributed by atoms with Crippen molar-refractivity contribution >= 4 is 39.7 Å². The van der Waals surface area contributed by atoms with E-state index in [4.69, 9.17) is 4.98 Å². The molecule has 1 atom stereocenters. The van der Waals surface area contributed by atoms with Gasteiger partial charge in [-0.1, -0.05) is 0 Å². The molecule has 2 N–H and O–H groups in total. The molecule has 8 nitrogen and oxygen atoms in total. The molecule has 0 spiro atoms. The second kappa shape index (κ2) is 10.2. The molecular weight excluding hydrogens is 482 g/mol.